The van der Waals surface area contributed by atoms with Crippen LogP contribution in [0.4, 0.5) is 0 Å². The Labute approximate surface area is 98.5 Å². The van der Waals surface area contributed by atoms with Crippen molar-refractivity contribution in [1.29, 1.82) is 0 Å². The molecule has 1 heterocycles. The van der Waals surface area contributed by atoms with Crippen LogP contribution in [-0.4, -0.2) is 11.1 Å². The van der Waals surface area contributed by atoms with Gasteiger partial charge in [-0.2, -0.15) is 10.5 Å². The lowest BCUT2D eigenvalue weighted by atomic mass is 10.1. The zero-order valence-electron chi connectivity index (χ0n) is 9.10. The molecular formula is C15H14S. The molecule has 2 aromatic carbocycles. The summed E-state index contributed by atoms with van der Waals surface area (Å²) in [6, 6.07) is 15.3. The van der Waals surface area contributed by atoms with Gasteiger partial charge in [-0.1, -0.05) is 42.5 Å². The van der Waals surface area contributed by atoms with Gasteiger partial charge in [0.1, 0.15) is 0 Å². The molecule has 0 radical (unpaired) electrons. The van der Waals surface area contributed by atoms with Crippen LogP contribution in [0.1, 0.15) is 12.0 Å². The van der Waals surface area contributed by atoms with Crippen molar-refractivity contribution in [3.63, 3.8) is 0 Å². The summed E-state index contributed by atoms with van der Waals surface area (Å²) in [5.74, 6) is 1.30. The zero-order chi connectivity index (χ0) is 10.8. The average molecular weight is 226 g/mol. The summed E-state index contributed by atoms with van der Waals surface area (Å²) in [5.41, 5.74) is 1.36. The van der Waals surface area contributed by atoms with Crippen molar-refractivity contribution >= 4 is 26.6 Å². The summed E-state index contributed by atoms with van der Waals surface area (Å²) in [6.45, 7) is 0. The first kappa shape index (κ1) is 9.86. The van der Waals surface area contributed by atoms with Gasteiger partial charge in [0.05, 0.1) is 0 Å². The molecule has 0 nitrogen and oxygen atoms in total. The molecule has 1 heteroatoms. The third-order valence-electron chi connectivity index (χ3n) is 2.85. The average Bonchev–Trinajstić information content (AvgIpc) is 2.82. The molecule has 0 aliphatic carbocycles. The summed E-state index contributed by atoms with van der Waals surface area (Å²) in [5, 5.41) is 7.40. The minimum atomic E-state index is 0.373. The molecule has 0 bridgehead atoms. The lowest BCUT2D eigenvalue weighted by Crippen LogP contribution is -1.82. The van der Waals surface area contributed by atoms with E-state index in [0.29, 0.717) is 10.5 Å². The fourth-order valence-corrected chi connectivity index (χ4v) is 3.64. The smallest absolute Gasteiger partial charge is 0.00439 e. The van der Waals surface area contributed by atoms with Crippen molar-refractivity contribution in [3.8, 4) is 0 Å². The summed E-state index contributed by atoms with van der Waals surface area (Å²) < 4.78 is 0. The van der Waals surface area contributed by atoms with Gasteiger partial charge in [-0.3, -0.25) is 0 Å². The van der Waals surface area contributed by atoms with Crippen LogP contribution in [0.3, 0.4) is 0 Å². The van der Waals surface area contributed by atoms with E-state index in [0.717, 1.165) is 0 Å². The number of allylic oxidation sites excluding steroid dienone is 1. The molecule has 80 valence electrons. The zero-order valence-corrected chi connectivity index (χ0v) is 9.91. The van der Waals surface area contributed by atoms with E-state index in [1.165, 1.54) is 28.5 Å². The first-order valence-corrected chi connectivity index (χ1v) is 7.13. The maximum absolute atomic E-state index is 2.40. The van der Waals surface area contributed by atoms with Crippen molar-refractivity contribution in [3.05, 3.63) is 59.5 Å². The van der Waals surface area contributed by atoms with E-state index in [2.05, 4.69) is 59.3 Å². The fraction of sp³-hybridized carbons (Fsp3) is 0.133. The van der Waals surface area contributed by atoms with Crippen LogP contribution in [0, 0.1) is 0 Å². The highest BCUT2D eigenvalue weighted by molar-refractivity contribution is 8.17. The number of rotatable bonds is 1. The lowest BCUT2D eigenvalue weighted by molar-refractivity contribution is 1.28. The second-order valence-corrected chi connectivity index (χ2v) is 5.91. The van der Waals surface area contributed by atoms with Crippen LogP contribution in [0.2, 0.25) is 0 Å². The lowest BCUT2D eigenvalue weighted by Gasteiger charge is -2.01. The van der Waals surface area contributed by atoms with E-state index in [-0.39, 0.29) is 0 Å². The maximum Gasteiger partial charge on any atom is -0.00439 e. The van der Waals surface area contributed by atoms with Crippen molar-refractivity contribution in [2.45, 2.75) is 6.42 Å². The summed E-state index contributed by atoms with van der Waals surface area (Å²) >= 11 is 0. The van der Waals surface area contributed by atoms with Crippen LogP contribution in [-0.2, 0) is 0 Å². The molecule has 16 heavy (non-hydrogen) atoms. The number of hydrogen-bond donors (Lipinski definition) is 0. The predicted molar refractivity (Wildman–Crippen MR) is 75.3 cm³/mol. The van der Waals surface area contributed by atoms with Gasteiger partial charge < -0.3 is 0 Å². The number of fused-ring (bicyclic) bond motifs is 1. The molecule has 1 unspecified atom stereocenters. The van der Waals surface area contributed by atoms with Gasteiger partial charge in [0, 0.05) is 0 Å². The van der Waals surface area contributed by atoms with E-state index >= 15 is 0 Å². The third-order valence-corrected chi connectivity index (χ3v) is 4.68. The molecular weight excluding hydrogens is 212 g/mol. The van der Waals surface area contributed by atoms with E-state index < -0.39 is 0 Å². The summed E-state index contributed by atoms with van der Waals surface area (Å²) in [4.78, 5) is 0. The van der Waals surface area contributed by atoms with Crippen molar-refractivity contribution in [2.24, 2.45) is 0 Å². The molecule has 0 spiro atoms. The third kappa shape index (κ3) is 1.96. The minimum absolute atomic E-state index is 0.373. The molecule has 0 N–H and O–H groups in total. The standard InChI is InChI=1S/C15H14S/c1-2-6-15-11-13(7-8-14(15)5-1)12-16-9-3-4-10-16/h1-3,5-9,11-12H,4,10H2. The van der Waals surface area contributed by atoms with Crippen LogP contribution in [0.15, 0.2) is 53.9 Å². The van der Waals surface area contributed by atoms with Crippen LogP contribution < -0.4 is 0 Å². The molecule has 0 saturated carbocycles. The molecule has 0 aromatic heterocycles. The monoisotopic (exact) mass is 226 g/mol. The highest BCUT2D eigenvalue weighted by Crippen LogP contribution is 2.24. The Bertz CT molecular complexity index is 579. The van der Waals surface area contributed by atoms with Gasteiger partial charge >= 0.3 is 0 Å². The Morgan fingerprint density at radius 2 is 1.88 bits per heavy atom. The normalized spacial score (nSPS) is 19.6. The van der Waals surface area contributed by atoms with Gasteiger partial charge in [0.25, 0.3) is 0 Å². The second-order valence-electron chi connectivity index (χ2n) is 4.06. The van der Waals surface area contributed by atoms with Crippen molar-refractivity contribution in [2.75, 3.05) is 5.75 Å². The summed E-state index contributed by atoms with van der Waals surface area (Å²) in [7, 11) is 0.373. The maximum atomic E-state index is 2.40. The molecule has 1 atom stereocenters. The minimum Gasteiger partial charge on any atom is -0.161 e. The molecule has 2 aromatic rings. The van der Waals surface area contributed by atoms with E-state index in [4.69, 9.17) is 0 Å². The van der Waals surface area contributed by atoms with Gasteiger partial charge in [-0.15, -0.1) is 0 Å². The van der Waals surface area contributed by atoms with Crippen LogP contribution >= 0.6 is 10.5 Å². The van der Waals surface area contributed by atoms with Gasteiger partial charge in [0.2, 0.25) is 0 Å². The number of hydrogen-bond acceptors (Lipinski definition) is 0. The SMILES string of the molecule is C1=CS(=Cc2ccc3ccccc3c2)CC1. The van der Waals surface area contributed by atoms with Gasteiger partial charge in [-0.05, 0) is 45.4 Å². The van der Waals surface area contributed by atoms with Crippen LogP contribution in [0.5, 0.6) is 0 Å². The molecule has 3 rings (SSSR count). The molecule has 1 aliphatic rings. The van der Waals surface area contributed by atoms with Crippen molar-refractivity contribution < 1.29 is 0 Å². The van der Waals surface area contributed by atoms with Gasteiger partial charge in [-0.25, -0.2) is 0 Å². The Hall–Kier alpha value is -1.34. The molecule has 0 fully saturated rings. The van der Waals surface area contributed by atoms with E-state index in [1.807, 2.05) is 0 Å². The number of benzene rings is 2. The largest absolute Gasteiger partial charge is 0.161 e. The van der Waals surface area contributed by atoms with Crippen molar-refractivity contribution in [1.82, 2.24) is 0 Å². The topological polar surface area (TPSA) is 0 Å². The highest BCUT2D eigenvalue weighted by atomic mass is 32.2. The first-order chi connectivity index (χ1) is 7.92. The quantitative estimate of drug-likeness (QED) is 0.640. The predicted octanol–water partition coefficient (Wildman–Crippen LogP) is 4.18. The Morgan fingerprint density at radius 1 is 1.00 bits per heavy atom. The first-order valence-electron chi connectivity index (χ1n) is 5.61. The second kappa shape index (κ2) is 4.26. The molecule has 1 aliphatic heterocycles. The Kier molecular flexibility index (Phi) is 2.63. The van der Waals surface area contributed by atoms with Crippen LogP contribution in [0.25, 0.3) is 10.8 Å². The van der Waals surface area contributed by atoms with E-state index in [9.17, 15) is 0 Å². The molecule has 0 amide bonds. The fourth-order valence-electron chi connectivity index (χ4n) is 2.02. The Morgan fingerprint density at radius 3 is 2.69 bits per heavy atom. The highest BCUT2D eigenvalue weighted by Gasteiger charge is 1.98. The molecule has 0 saturated heterocycles. The van der Waals surface area contributed by atoms with Gasteiger partial charge in [0.15, 0.2) is 0 Å². The summed E-state index contributed by atoms with van der Waals surface area (Å²) in [6.07, 6.45) is 3.54. The Balaban J connectivity index is 2.05. The van der Waals surface area contributed by atoms with E-state index in [1.54, 1.807) is 0 Å².